The van der Waals surface area contributed by atoms with Crippen molar-refractivity contribution in [1.82, 2.24) is 5.43 Å². The number of aromatic nitrogens is 1. The van der Waals surface area contributed by atoms with E-state index < -0.39 is 0 Å². The van der Waals surface area contributed by atoms with Crippen molar-refractivity contribution in [2.45, 2.75) is 6.54 Å². The predicted molar refractivity (Wildman–Crippen MR) is 95.3 cm³/mol. The van der Waals surface area contributed by atoms with Crippen molar-refractivity contribution in [3.63, 3.8) is 0 Å². The fourth-order valence-corrected chi connectivity index (χ4v) is 2.34. The van der Waals surface area contributed by atoms with Gasteiger partial charge in [-0.25, -0.2) is 5.43 Å². The molecule has 26 heavy (non-hydrogen) atoms. The summed E-state index contributed by atoms with van der Waals surface area (Å²) in [6.07, 6.45) is 5.24. The number of phenols is 1. The topological polar surface area (TPSA) is 65.6 Å². The SMILES string of the molecule is O=C(N/N=C/c1ccc(O)cc1)c1ccc[n+](Cc2ccccc2)c1.[Cl-]. The number of hydrogen-bond donors (Lipinski definition) is 2. The van der Waals surface area contributed by atoms with Crippen molar-refractivity contribution >= 4 is 12.1 Å². The Bertz CT molecular complexity index is 881. The number of nitrogens with one attached hydrogen (secondary N) is 1. The average Bonchev–Trinajstić information content (AvgIpc) is 2.64. The summed E-state index contributed by atoms with van der Waals surface area (Å²) in [6.45, 7) is 0.693. The van der Waals surface area contributed by atoms with Crippen LogP contribution in [0.4, 0.5) is 0 Å². The summed E-state index contributed by atoms with van der Waals surface area (Å²) in [4.78, 5) is 12.2. The predicted octanol–water partition coefficient (Wildman–Crippen LogP) is -0.504. The van der Waals surface area contributed by atoms with Crippen LogP contribution in [0, 0.1) is 0 Å². The molecule has 3 rings (SSSR count). The molecule has 1 amide bonds. The van der Waals surface area contributed by atoms with Gasteiger partial charge >= 0.3 is 0 Å². The molecule has 2 N–H and O–H groups in total. The molecule has 0 saturated carbocycles. The van der Waals surface area contributed by atoms with Crippen molar-refractivity contribution in [2.24, 2.45) is 5.10 Å². The lowest BCUT2D eigenvalue weighted by molar-refractivity contribution is -0.688. The molecule has 3 aromatic rings. The van der Waals surface area contributed by atoms with E-state index in [0.717, 1.165) is 11.1 Å². The number of benzene rings is 2. The third kappa shape index (κ3) is 5.43. The lowest BCUT2D eigenvalue weighted by Gasteiger charge is -2.01. The van der Waals surface area contributed by atoms with Gasteiger partial charge in [0.05, 0.1) is 6.21 Å². The van der Waals surface area contributed by atoms with Crippen LogP contribution in [-0.4, -0.2) is 17.2 Å². The standard InChI is InChI=1S/C20H17N3O2.ClH/c24-19-10-8-16(9-11-19)13-21-22-20(25)18-7-4-12-23(15-18)14-17-5-2-1-3-6-17;/h1-13,15H,14H2,(H-,21,22,24,25);1H. The number of pyridine rings is 1. The number of hydrogen-bond acceptors (Lipinski definition) is 3. The second-order valence-corrected chi connectivity index (χ2v) is 5.54. The molecule has 6 heteroatoms. The van der Waals surface area contributed by atoms with Crippen molar-refractivity contribution < 1.29 is 26.9 Å². The Hall–Kier alpha value is -3.18. The summed E-state index contributed by atoms with van der Waals surface area (Å²) in [5.41, 5.74) is 4.98. The first-order chi connectivity index (χ1) is 12.2. The van der Waals surface area contributed by atoms with E-state index >= 15 is 0 Å². The highest BCUT2D eigenvalue weighted by atomic mass is 35.5. The number of amides is 1. The van der Waals surface area contributed by atoms with Crippen molar-refractivity contribution in [3.8, 4) is 5.75 Å². The minimum absolute atomic E-state index is 0. The molecule has 1 aromatic heterocycles. The summed E-state index contributed by atoms with van der Waals surface area (Å²) < 4.78 is 1.95. The fraction of sp³-hybridized carbons (Fsp3) is 0.0500. The summed E-state index contributed by atoms with van der Waals surface area (Å²) in [5, 5.41) is 13.2. The highest BCUT2D eigenvalue weighted by Crippen LogP contribution is 2.07. The lowest BCUT2D eigenvalue weighted by Crippen LogP contribution is -3.00. The summed E-state index contributed by atoms with van der Waals surface area (Å²) >= 11 is 0. The minimum Gasteiger partial charge on any atom is -1.00 e. The van der Waals surface area contributed by atoms with Gasteiger partial charge in [-0.05, 0) is 35.9 Å². The molecule has 132 valence electrons. The Balaban J connectivity index is 0.00000243. The number of aromatic hydroxyl groups is 1. The number of carbonyl (C=O) groups is 1. The third-order valence-electron chi connectivity index (χ3n) is 3.60. The molecule has 0 saturated heterocycles. The summed E-state index contributed by atoms with van der Waals surface area (Å²) in [5.74, 6) is -0.0918. The minimum atomic E-state index is -0.280. The van der Waals surface area contributed by atoms with Gasteiger partial charge < -0.3 is 17.5 Å². The van der Waals surface area contributed by atoms with E-state index in [0.29, 0.717) is 12.1 Å². The zero-order chi connectivity index (χ0) is 17.5. The van der Waals surface area contributed by atoms with Crippen molar-refractivity contribution in [2.75, 3.05) is 0 Å². The van der Waals surface area contributed by atoms with Crippen LogP contribution in [0.2, 0.25) is 0 Å². The van der Waals surface area contributed by atoms with Crippen LogP contribution in [-0.2, 0) is 6.54 Å². The van der Waals surface area contributed by atoms with Gasteiger partial charge in [0.15, 0.2) is 18.9 Å². The second kappa shape index (κ2) is 9.34. The number of hydrazone groups is 1. The Morgan fingerprint density at radius 3 is 2.50 bits per heavy atom. The van der Waals surface area contributed by atoms with Gasteiger partial charge in [0.25, 0.3) is 5.91 Å². The highest BCUT2D eigenvalue weighted by molar-refractivity contribution is 5.94. The van der Waals surface area contributed by atoms with Gasteiger partial charge in [-0.3, -0.25) is 4.79 Å². The molecule has 5 nitrogen and oxygen atoms in total. The Labute approximate surface area is 158 Å². The summed E-state index contributed by atoms with van der Waals surface area (Å²) in [7, 11) is 0. The smallest absolute Gasteiger partial charge is 0.277 e. The Morgan fingerprint density at radius 1 is 1.04 bits per heavy atom. The number of phenolic OH excluding ortho intramolecular Hbond substituents is 1. The molecular formula is C20H18ClN3O2. The van der Waals surface area contributed by atoms with E-state index in [9.17, 15) is 9.90 Å². The van der Waals surface area contributed by atoms with E-state index in [1.165, 1.54) is 6.21 Å². The fourth-order valence-electron chi connectivity index (χ4n) is 2.34. The first-order valence-corrected chi connectivity index (χ1v) is 7.86. The first-order valence-electron chi connectivity index (χ1n) is 7.86. The molecule has 0 spiro atoms. The van der Waals surface area contributed by atoms with Gasteiger partial charge in [0.1, 0.15) is 11.3 Å². The Morgan fingerprint density at radius 2 is 1.77 bits per heavy atom. The van der Waals surface area contributed by atoms with Crippen LogP contribution in [0.15, 0.2) is 84.2 Å². The van der Waals surface area contributed by atoms with E-state index in [1.807, 2.05) is 47.2 Å². The van der Waals surface area contributed by atoms with Crippen molar-refractivity contribution in [3.05, 3.63) is 95.8 Å². The van der Waals surface area contributed by atoms with Crippen LogP contribution in [0.5, 0.6) is 5.75 Å². The maximum atomic E-state index is 12.2. The zero-order valence-electron chi connectivity index (χ0n) is 13.9. The molecule has 0 unspecified atom stereocenters. The second-order valence-electron chi connectivity index (χ2n) is 5.54. The lowest BCUT2D eigenvalue weighted by atomic mass is 10.2. The number of rotatable bonds is 5. The monoisotopic (exact) mass is 367 g/mol. The van der Waals surface area contributed by atoms with E-state index in [1.54, 1.807) is 36.5 Å². The van der Waals surface area contributed by atoms with Crippen LogP contribution in [0.3, 0.4) is 0 Å². The van der Waals surface area contributed by atoms with Gasteiger partial charge in [-0.15, -0.1) is 0 Å². The van der Waals surface area contributed by atoms with Gasteiger partial charge in [-0.1, -0.05) is 30.3 Å². The quantitative estimate of drug-likeness (QED) is 0.362. The third-order valence-corrected chi connectivity index (χ3v) is 3.60. The average molecular weight is 368 g/mol. The van der Waals surface area contributed by atoms with Gasteiger partial charge in [0, 0.05) is 11.6 Å². The molecule has 0 atom stereocenters. The summed E-state index contributed by atoms with van der Waals surface area (Å²) in [6, 6.07) is 20.2. The van der Waals surface area contributed by atoms with E-state index in [-0.39, 0.29) is 24.1 Å². The largest absolute Gasteiger partial charge is 1.00 e. The molecule has 0 bridgehead atoms. The van der Waals surface area contributed by atoms with Gasteiger partial charge in [-0.2, -0.15) is 9.67 Å². The van der Waals surface area contributed by atoms with Crippen LogP contribution < -0.4 is 22.4 Å². The van der Waals surface area contributed by atoms with E-state index in [4.69, 9.17) is 0 Å². The number of halogens is 1. The van der Waals surface area contributed by atoms with E-state index in [2.05, 4.69) is 10.5 Å². The molecule has 0 aliphatic heterocycles. The van der Waals surface area contributed by atoms with Gasteiger partial charge in [0.2, 0.25) is 0 Å². The van der Waals surface area contributed by atoms with Crippen LogP contribution in [0.1, 0.15) is 21.5 Å². The maximum Gasteiger partial charge on any atom is 0.277 e. The maximum absolute atomic E-state index is 12.2. The molecule has 0 radical (unpaired) electrons. The molecule has 0 aliphatic rings. The number of nitrogens with zero attached hydrogens (tertiary/aromatic N) is 2. The normalized spacial score (nSPS) is 10.3. The molecule has 0 fully saturated rings. The highest BCUT2D eigenvalue weighted by Gasteiger charge is 2.10. The molecular weight excluding hydrogens is 350 g/mol. The molecule has 0 aliphatic carbocycles. The Kier molecular flexibility index (Phi) is 6.88. The number of carbonyl (C=O) groups excluding carboxylic acids is 1. The molecule has 2 aromatic carbocycles. The molecule has 1 heterocycles. The zero-order valence-corrected chi connectivity index (χ0v) is 14.7. The van der Waals surface area contributed by atoms with Crippen LogP contribution in [0.25, 0.3) is 0 Å². The van der Waals surface area contributed by atoms with Crippen LogP contribution >= 0.6 is 0 Å². The first kappa shape index (κ1) is 19.1. The van der Waals surface area contributed by atoms with Crippen molar-refractivity contribution in [1.29, 1.82) is 0 Å².